The summed E-state index contributed by atoms with van der Waals surface area (Å²) in [4.78, 5) is 18.0. The zero-order valence-electron chi connectivity index (χ0n) is 17.7. The Morgan fingerprint density at radius 1 is 0.818 bits per heavy atom. The number of aromatic nitrogens is 2. The molecule has 0 spiro atoms. The van der Waals surface area contributed by atoms with Gasteiger partial charge in [0.05, 0.1) is 0 Å². The van der Waals surface area contributed by atoms with E-state index in [1.165, 1.54) is 0 Å². The summed E-state index contributed by atoms with van der Waals surface area (Å²) in [6, 6.07) is 33.0. The maximum Gasteiger partial charge on any atom is 0.263 e. The van der Waals surface area contributed by atoms with Gasteiger partial charge in [0.1, 0.15) is 11.4 Å². The van der Waals surface area contributed by atoms with Gasteiger partial charge in [-0.3, -0.25) is 9.89 Å². The Kier molecular flexibility index (Phi) is 5.63. The molecule has 33 heavy (non-hydrogen) atoms. The number of nitrogens with zero attached hydrogens (tertiary/aromatic N) is 2. The van der Waals surface area contributed by atoms with Gasteiger partial charge in [0.2, 0.25) is 0 Å². The van der Waals surface area contributed by atoms with Crippen molar-refractivity contribution in [2.24, 2.45) is 4.99 Å². The van der Waals surface area contributed by atoms with E-state index in [2.05, 4.69) is 25.8 Å². The highest BCUT2D eigenvalue weighted by atomic mass is 16.1. The molecule has 6 nitrogen and oxygen atoms in total. The fourth-order valence-electron chi connectivity index (χ4n) is 3.59. The minimum atomic E-state index is -0.307. The number of carbonyl (C=O) groups is 1. The van der Waals surface area contributed by atoms with Crippen molar-refractivity contribution >= 4 is 45.9 Å². The molecular weight excluding hydrogens is 410 g/mol. The maximum atomic E-state index is 13.5. The molecule has 0 saturated heterocycles. The van der Waals surface area contributed by atoms with E-state index in [1.807, 2.05) is 103 Å². The number of carbonyl (C=O) groups excluding carboxylic acids is 1. The molecule has 5 aromatic rings. The molecule has 5 rings (SSSR count). The van der Waals surface area contributed by atoms with Crippen molar-refractivity contribution in [3.05, 3.63) is 114 Å². The molecule has 1 heterocycles. The number of amides is 1. The number of hydrogen-bond acceptors (Lipinski definition) is 4. The molecule has 0 aliphatic rings. The van der Waals surface area contributed by atoms with Gasteiger partial charge in [-0.25, -0.2) is 4.99 Å². The molecule has 1 aromatic heterocycles. The molecule has 0 bridgehead atoms. The first-order valence-electron chi connectivity index (χ1n) is 10.6. The van der Waals surface area contributed by atoms with Gasteiger partial charge >= 0.3 is 0 Å². The maximum absolute atomic E-state index is 13.5. The molecule has 0 aliphatic carbocycles. The molecular formula is C27H21N5O. The molecule has 3 N–H and O–H groups in total. The van der Waals surface area contributed by atoms with Gasteiger partial charge in [-0.2, -0.15) is 5.10 Å². The van der Waals surface area contributed by atoms with Crippen LogP contribution >= 0.6 is 0 Å². The van der Waals surface area contributed by atoms with Gasteiger partial charge in [-0.05, 0) is 29.1 Å². The van der Waals surface area contributed by atoms with Crippen molar-refractivity contribution < 1.29 is 4.79 Å². The number of rotatable bonds is 6. The lowest BCUT2D eigenvalue weighted by Gasteiger charge is -2.10. The quantitative estimate of drug-likeness (QED) is 0.276. The number of para-hydroxylation sites is 1. The summed E-state index contributed by atoms with van der Waals surface area (Å²) in [5.74, 6) is 0.466. The Balaban J connectivity index is 1.52. The molecule has 0 saturated carbocycles. The first-order chi connectivity index (χ1) is 16.3. The van der Waals surface area contributed by atoms with Crippen LogP contribution in [0.5, 0.6) is 0 Å². The highest BCUT2D eigenvalue weighted by molar-refractivity contribution is 6.14. The molecule has 0 radical (unpaired) electrons. The number of hydrogen-bond donors (Lipinski definition) is 3. The number of aliphatic imine (C=N–C) groups is 1. The minimum Gasteiger partial charge on any atom is -0.340 e. The van der Waals surface area contributed by atoms with E-state index in [0.29, 0.717) is 17.2 Å². The molecule has 160 valence electrons. The first kappa shape index (κ1) is 20.2. The molecule has 0 aliphatic heterocycles. The second-order valence-electron chi connectivity index (χ2n) is 7.44. The van der Waals surface area contributed by atoms with Crippen LogP contribution in [0.15, 0.2) is 108 Å². The normalized spacial score (nSPS) is 11.0. The largest absolute Gasteiger partial charge is 0.340 e. The van der Waals surface area contributed by atoms with E-state index in [-0.39, 0.29) is 5.91 Å². The smallest absolute Gasteiger partial charge is 0.263 e. The predicted molar refractivity (Wildman–Crippen MR) is 134 cm³/mol. The third-order valence-corrected chi connectivity index (χ3v) is 5.19. The van der Waals surface area contributed by atoms with Crippen LogP contribution in [-0.2, 0) is 0 Å². The number of nitrogens with one attached hydrogen (secondary N) is 3. The molecule has 0 fully saturated rings. The van der Waals surface area contributed by atoms with Gasteiger partial charge in [0.25, 0.3) is 5.91 Å². The number of benzene rings is 4. The van der Waals surface area contributed by atoms with E-state index in [4.69, 9.17) is 0 Å². The molecule has 0 unspecified atom stereocenters. The van der Waals surface area contributed by atoms with Crippen molar-refractivity contribution in [2.45, 2.75) is 0 Å². The standard InChI is InChI=1S/C27H21N5O/c33-27(30-23-17-9-13-20-12-7-8-16-22(20)23)24-25(28-18-19-10-3-1-4-11-19)31-32-26(24)29-21-14-5-2-6-15-21/h1-18H,(H,30,33)(H2,29,31,32). The third kappa shape index (κ3) is 4.50. The van der Waals surface area contributed by atoms with Crippen LogP contribution in [0, 0.1) is 0 Å². The van der Waals surface area contributed by atoms with Crippen molar-refractivity contribution in [3.8, 4) is 0 Å². The predicted octanol–water partition coefficient (Wildman–Crippen LogP) is 6.31. The Morgan fingerprint density at radius 3 is 2.33 bits per heavy atom. The van der Waals surface area contributed by atoms with Gasteiger partial charge in [0.15, 0.2) is 5.82 Å². The fourth-order valence-corrected chi connectivity index (χ4v) is 3.59. The average Bonchev–Trinajstić information content (AvgIpc) is 3.26. The number of H-pyrrole nitrogens is 1. The summed E-state index contributed by atoms with van der Waals surface area (Å²) in [6.45, 7) is 0. The SMILES string of the molecule is O=C(Nc1cccc2ccccc12)c1c(N=Cc2ccccc2)n[nH]c1Nc1ccccc1. The highest BCUT2D eigenvalue weighted by Crippen LogP contribution is 2.29. The van der Waals surface area contributed by atoms with Crippen molar-refractivity contribution in [3.63, 3.8) is 0 Å². The Morgan fingerprint density at radius 2 is 1.52 bits per heavy atom. The van der Waals surface area contributed by atoms with Gasteiger partial charge in [-0.1, -0.05) is 84.9 Å². The van der Waals surface area contributed by atoms with Gasteiger partial charge in [0, 0.05) is 23.0 Å². The van der Waals surface area contributed by atoms with Crippen molar-refractivity contribution in [1.29, 1.82) is 0 Å². The first-order valence-corrected chi connectivity index (χ1v) is 10.6. The van der Waals surface area contributed by atoms with E-state index >= 15 is 0 Å². The minimum absolute atomic E-state index is 0.301. The van der Waals surface area contributed by atoms with Gasteiger partial charge < -0.3 is 10.6 Å². The van der Waals surface area contributed by atoms with E-state index in [1.54, 1.807) is 6.21 Å². The number of fused-ring (bicyclic) bond motifs is 1. The second kappa shape index (κ2) is 9.20. The lowest BCUT2D eigenvalue weighted by molar-refractivity contribution is 0.102. The Hall–Kier alpha value is -4.71. The van der Waals surface area contributed by atoms with Crippen molar-refractivity contribution in [1.82, 2.24) is 10.2 Å². The summed E-state index contributed by atoms with van der Waals surface area (Å²) in [7, 11) is 0. The summed E-state index contributed by atoms with van der Waals surface area (Å²) in [5.41, 5.74) is 2.80. The summed E-state index contributed by atoms with van der Waals surface area (Å²) in [6.07, 6.45) is 1.69. The van der Waals surface area contributed by atoms with Crippen molar-refractivity contribution in [2.75, 3.05) is 10.6 Å². The second-order valence-corrected chi connectivity index (χ2v) is 7.44. The van der Waals surface area contributed by atoms with Crippen LogP contribution in [0.2, 0.25) is 0 Å². The van der Waals surface area contributed by atoms with Crippen LogP contribution in [0.4, 0.5) is 23.0 Å². The monoisotopic (exact) mass is 431 g/mol. The van der Waals surface area contributed by atoms with Crippen LogP contribution in [0.3, 0.4) is 0 Å². The topological polar surface area (TPSA) is 82.2 Å². The lowest BCUT2D eigenvalue weighted by Crippen LogP contribution is -2.13. The van der Waals surface area contributed by atoms with Crippen LogP contribution < -0.4 is 10.6 Å². The zero-order chi connectivity index (χ0) is 22.5. The summed E-state index contributed by atoms with van der Waals surface area (Å²) < 4.78 is 0. The summed E-state index contributed by atoms with van der Waals surface area (Å²) >= 11 is 0. The molecule has 0 atom stereocenters. The fraction of sp³-hybridized carbons (Fsp3) is 0. The van der Waals surface area contributed by atoms with E-state index < -0.39 is 0 Å². The van der Waals surface area contributed by atoms with Crippen LogP contribution in [0.25, 0.3) is 10.8 Å². The number of aromatic amines is 1. The highest BCUT2D eigenvalue weighted by Gasteiger charge is 2.21. The molecule has 6 heteroatoms. The van der Waals surface area contributed by atoms with E-state index in [0.717, 1.165) is 27.7 Å². The van der Waals surface area contributed by atoms with Gasteiger partial charge in [-0.15, -0.1) is 0 Å². The number of anilines is 3. The zero-order valence-corrected chi connectivity index (χ0v) is 17.7. The molecule has 1 amide bonds. The van der Waals surface area contributed by atoms with Crippen LogP contribution in [0.1, 0.15) is 15.9 Å². The molecule has 4 aromatic carbocycles. The third-order valence-electron chi connectivity index (χ3n) is 5.19. The Labute approximate surface area is 191 Å². The van der Waals surface area contributed by atoms with Crippen LogP contribution in [-0.4, -0.2) is 22.3 Å². The Bertz CT molecular complexity index is 1420. The summed E-state index contributed by atoms with van der Waals surface area (Å²) in [5, 5.41) is 15.5. The average molecular weight is 431 g/mol. The lowest BCUT2D eigenvalue weighted by atomic mass is 10.1. The van der Waals surface area contributed by atoms with E-state index in [9.17, 15) is 4.79 Å².